The van der Waals surface area contributed by atoms with E-state index in [4.69, 9.17) is 5.73 Å². The van der Waals surface area contributed by atoms with Gasteiger partial charge in [-0.1, -0.05) is 6.07 Å². The van der Waals surface area contributed by atoms with Gasteiger partial charge in [0.25, 0.3) is 5.91 Å². The molecule has 2 N–H and O–H groups in total. The number of nitrogens with zero attached hydrogens (tertiary/aromatic N) is 1. The van der Waals surface area contributed by atoms with Crippen LogP contribution in [0.3, 0.4) is 0 Å². The molecule has 0 aliphatic heterocycles. The van der Waals surface area contributed by atoms with E-state index >= 15 is 0 Å². The molecule has 2 aromatic carbocycles. The molecule has 0 fully saturated rings. The summed E-state index contributed by atoms with van der Waals surface area (Å²) in [6.45, 7) is 0. The Labute approximate surface area is 109 Å². The standard InChI is InChI=1S/C14H12F2N2O/c1-18(13-8-10(15)5-6-12(13)16)14(19)9-3-2-4-11(17)7-9/h2-8H,17H2,1H3. The number of carbonyl (C=O) groups excluding carboxylic acids is 1. The summed E-state index contributed by atoms with van der Waals surface area (Å²) in [5.41, 5.74) is 6.21. The monoisotopic (exact) mass is 262 g/mol. The molecule has 98 valence electrons. The summed E-state index contributed by atoms with van der Waals surface area (Å²) < 4.78 is 26.7. The minimum Gasteiger partial charge on any atom is -0.399 e. The molecule has 19 heavy (non-hydrogen) atoms. The Balaban J connectivity index is 2.36. The lowest BCUT2D eigenvalue weighted by molar-refractivity contribution is 0.0992. The summed E-state index contributed by atoms with van der Waals surface area (Å²) in [5.74, 6) is -1.73. The number of halogens is 2. The van der Waals surface area contributed by atoms with Crippen LogP contribution < -0.4 is 10.6 Å². The lowest BCUT2D eigenvalue weighted by Gasteiger charge is -2.18. The minimum absolute atomic E-state index is 0.118. The van der Waals surface area contributed by atoms with Gasteiger partial charge >= 0.3 is 0 Å². The van der Waals surface area contributed by atoms with Crippen molar-refractivity contribution >= 4 is 17.3 Å². The average molecular weight is 262 g/mol. The van der Waals surface area contributed by atoms with Gasteiger partial charge in [-0.2, -0.15) is 0 Å². The Morgan fingerprint density at radius 3 is 2.58 bits per heavy atom. The molecule has 3 nitrogen and oxygen atoms in total. The third kappa shape index (κ3) is 2.70. The summed E-state index contributed by atoms with van der Waals surface area (Å²) in [6.07, 6.45) is 0. The molecule has 1 amide bonds. The lowest BCUT2D eigenvalue weighted by atomic mass is 10.1. The molecular formula is C14H12F2N2O. The van der Waals surface area contributed by atoms with Crippen molar-refractivity contribution in [2.45, 2.75) is 0 Å². The van der Waals surface area contributed by atoms with Gasteiger partial charge in [-0.25, -0.2) is 8.78 Å². The molecule has 0 unspecified atom stereocenters. The van der Waals surface area contributed by atoms with Gasteiger partial charge in [0.15, 0.2) is 0 Å². The first-order valence-electron chi connectivity index (χ1n) is 5.57. The molecule has 2 aromatic rings. The molecule has 0 radical (unpaired) electrons. The molecule has 0 atom stereocenters. The van der Waals surface area contributed by atoms with Crippen LogP contribution in [0.25, 0.3) is 0 Å². The fourth-order valence-corrected chi connectivity index (χ4v) is 1.72. The highest BCUT2D eigenvalue weighted by Crippen LogP contribution is 2.21. The van der Waals surface area contributed by atoms with Gasteiger partial charge in [0, 0.05) is 24.4 Å². The summed E-state index contributed by atoms with van der Waals surface area (Å²) in [4.78, 5) is 13.2. The summed E-state index contributed by atoms with van der Waals surface area (Å²) in [5, 5.41) is 0. The summed E-state index contributed by atoms with van der Waals surface area (Å²) >= 11 is 0. The van der Waals surface area contributed by atoms with Crippen LogP contribution in [0.15, 0.2) is 42.5 Å². The first-order chi connectivity index (χ1) is 8.99. The number of hydrogen-bond acceptors (Lipinski definition) is 2. The van der Waals surface area contributed by atoms with Crippen molar-refractivity contribution < 1.29 is 13.6 Å². The van der Waals surface area contributed by atoms with Crippen molar-refractivity contribution in [3.05, 3.63) is 59.7 Å². The van der Waals surface area contributed by atoms with Gasteiger partial charge in [0.05, 0.1) is 5.69 Å². The Hall–Kier alpha value is -2.43. The SMILES string of the molecule is CN(C(=O)c1cccc(N)c1)c1cc(F)ccc1F. The normalized spacial score (nSPS) is 10.3. The topological polar surface area (TPSA) is 46.3 Å². The minimum atomic E-state index is -0.666. The zero-order valence-corrected chi connectivity index (χ0v) is 10.2. The van der Waals surface area contributed by atoms with E-state index in [1.807, 2.05) is 0 Å². The Morgan fingerprint density at radius 2 is 1.89 bits per heavy atom. The Morgan fingerprint density at radius 1 is 1.16 bits per heavy atom. The van der Waals surface area contributed by atoms with Crippen LogP contribution in [0.5, 0.6) is 0 Å². The second kappa shape index (κ2) is 5.06. The number of rotatable bonds is 2. The van der Waals surface area contributed by atoms with Gasteiger partial charge in [-0.05, 0) is 30.3 Å². The molecule has 0 saturated heterocycles. The highest BCUT2D eigenvalue weighted by Gasteiger charge is 2.17. The maximum atomic E-state index is 13.6. The van der Waals surface area contributed by atoms with Gasteiger partial charge in [0.1, 0.15) is 11.6 Å². The third-order valence-corrected chi connectivity index (χ3v) is 2.71. The van der Waals surface area contributed by atoms with Crippen LogP contribution in [0.2, 0.25) is 0 Å². The predicted molar refractivity (Wildman–Crippen MR) is 69.9 cm³/mol. The van der Waals surface area contributed by atoms with Gasteiger partial charge < -0.3 is 10.6 Å². The van der Waals surface area contributed by atoms with E-state index in [9.17, 15) is 13.6 Å². The average Bonchev–Trinajstić information content (AvgIpc) is 2.40. The second-order valence-corrected chi connectivity index (χ2v) is 4.09. The molecule has 0 bridgehead atoms. The molecule has 0 saturated carbocycles. The number of nitrogens with two attached hydrogens (primary N) is 1. The quantitative estimate of drug-likeness (QED) is 0.846. The molecule has 0 aromatic heterocycles. The van der Waals surface area contributed by atoms with E-state index in [0.717, 1.165) is 23.1 Å². The molecule has 5 heteroatoms. The van der Waals surface area contributed by atoms with Crippen LogP contribution in [-0.4, -0.2) is 13.0 Å². The molecule has 2 rings (SSSR count). The summed E-state index contributed by atoms with van der Waals surface area (Å²) in [6, 6.07) is 9.26. The van der Waals surface area contributed by atoms with Crippen molar-refractivity contribution in [1.29, 1.82) is 0 Å². The molecular weight excluding hydrogens is 250 g/mol. The van der Waals surface area contributed by atoms with Gasteiger partial charge in [-0.3, -0.25) is 4.79 Å². The predicted octanol–water partition coefficient (Wildman–Crippen LogP) is 2.82. The first-order valence-corrected chi connectivity index (χ1v) is 5.57. The van der Waals surface area contributed by atoms with E-state index in [1.165, 1.54) is 13.1 Å². The smallest absolute Gasteiger partial charge is 0.258 e. The maximum Gasteiger partial charge on any atom is 0.258 e. The molecule has 0 aliphatic rings. The fraction of sp³-hybridized carbons (Fsp3) is 0.0714. The summed E-state index contributed by atoms with van der Waals surface area (Å²) in [7, 11) is 1.38. The number of amides is 1. The maximum absolute atomic E-state index is 13.6. The molecule has 0 spiro atoms. The van der Waals surface area contributed by atoms with Crippen LogP contribution in [0, 0.1) is 11.6 Å². The Kier molecular flexibility index (Phi) is 3.46. The number of carbonyl (C=O) groups is 1. The van der Waals surface area contributed by atoms with Crippen molar-refractivity contribution in [2.24, 2.45) is 0 Å². The van der Waals surface area contributed by atoms with Gasteiger partial charge in [-0.15, -0.1) is 0 Å². The lowest BCUT2D eigenvalue weighted by Crippen LogP contribution is -2.27. The largest absolute Gasteiger partial charge is 0.399 e. The van der Waals surface area contributed by atoms with E-state index in [2.05, 4.69) is 0 Å². The number of benzene rings is 2. The van der Waals surface area contributed by atoms with Crippen molar-refractivity contribution in [1.82, 2.24) is 0 Å². The number of hydrogen-bond donors (Lipinski definition) is 1. The van der Waals surface area contributed by atoms with E-state index in [-0.39, 0.29) is 5.69 Å². The van der Waals surface area contributed by atoms with Gasteiger partial charge in [0.2, 0.25) is 0 Å². The van der Waals surface area contributed by atoms with Crippen LogP contribution in [0.4, 0.5) is 20.2 Å². The van der Waals surface area contributed by atoms with Crippen LogP contribution >= 0.6 is 0 Å². The highest BCUT2D eigenvalue weighted by atomic mass is 19.1. The third-order valence-electron chi connectivity index (χ3n) is 2.71. The van der Waals surface area contributed by atoms with E-state index in [0.29, 0.717) is 11.3 Å². The van der Waals surface area contributed by atoms with Crippen LogP contribution in [0.1, 0.15) is 10.4 Å². The van der Waals surface area contributed by atoms with E-state index < -0.39 is 17.5 Å². The zero-order valence-electron chi connectivity index (χ0n) is 10.2. The molecule has 0 aliphatic carbocycles. The van der Waals surface area contributed by atoms with Crippen LogP contribution in [-0.2, 0) is 0 Å². The van der Waals surface area contributed by atoms with Crippen molar-refractivity contribution in [3.63, 3.8) is 0 Å². The first kappa shape index (κ1) is 13.0. The highest BCUT2D eigenvalue weighted by molar-refractivity contribution is 6.06. The molecule has 0 heterocycles. The van der Waals surface area contributed by atoms with Crippen molar-refractivity contribution in [3.8, 4) is 0 Å². The van der Waals surface area contributed by atoms with Crippen molar-refractivity contribution in [2.75, 3.05) is 17.7 Å². The number of anilines is 2. The fourth-order valence-electron chi connectivity index (χ4n) is 1.72. The zero-order chi connectivity index (χ0) is 14.0. The van der Waals surface area contributed by atoms with E-state index in [1.54, 1.807) is 18.2 Å². The second-order valence-electron chi connectivity index (χ2n) is 4.09. The number of nitrogen functional groups attached to an aromatic ring is 1. The Bertz CT molecular complexity index is 629.